The predicted octanol–water partition coefficient (Wildman–Crippen LogP) is 0.991. The normalized spacial score (nSPS) is 16.6. The minimum Gasteiger partial charge on any atom is -0.469 e. The number of esters is 1. The van der Waals surface area contributed by atoms with Crippen LogP contribution < -0.4 is 0 Å². The van der Waals surface area contributed by atoms with Gasteiger partial charge in [0.25, 0.3) is 0 Å². The SMILES string of the molecule is COC(=O)C1CC1.Cl. The second kappa shape index (κ2) is 2.92. The molecule has 0 heterocycles. The van der Waals surface area contributed by atoms with Crippen molar-refractivity contribution in [3.63, 3.8) is 0 Å². The van der Waals surface area contributed by atoms with Gasteiger partial charge in [-0.2, -0.15) is 0 Å². The van der Waals surface area contributed by atoms with Gasteiger partial charge in [0, 0.05) is 0 Å². The van der Waals surface area contributed by atoms with Gasteiger partial charge in [0.1, 0.15) is 0 Å². The van der Waals surface area contributed by atoms with Crippen molar-refractivity contribution < 1.29 is 9.53 Å². The van der Waals surface area contributed by atoms with E-state index in [0.717, 1.165) is 12.8 Å². The van der Waals surface area contributed by atoms with E-state index in [4.69, 9.17) is 0 Å². The molecule has 0 radical (unpaired) electrons. The summed E-state index contributed by atoms with van der Waals surface area (Å²) in [4.78, 5) is 10.4. The van der Waals surface area contributed by atoms with Gasteiger partial charge in [0.2, 0.25) is 0 Å². The summed E-state index contributed by atoms with van der Waals surface area (Å²) in [6.07, 6.45) is 2.07. The molecule has 8 heavy (non-hydrogen) atoms. The van der Waals surface area contributed by atoms with Crippen LogP contribution in [0.25, 0.3) is 0 Å². The Morgan fingerprint density at radius 1 is 1.62 bits per heavy atom. The summed E-state index contributed by atoms with van der Waals surface area (Å²) in [5.41, 5.74) is 0. The van der Waals surface area contributed by atoms with Crippen LogP contribution in [0.4, 0.5) is 0 Å². The molecule has 0 bridgehead atoms. The highest BCUT2D eigenvalue weighted by molar-refractivity contribution is 5.85. The summed E-state index contributed by atoms with van der Waals surface area (Å²) < 4.78 is 4.44. The van der Waals surface area contributed by atoms with Crippen LogP contribution in [0.5, 0.6) is 0 Å². The van der Waals surface area contributed by atoms with Gasteiger partial charge >= 0.3 is 5.97 Å². The third-order valence-corrected chi connectivity index (χ3v) is 1.11. The average Bonchev–Trinajstić information content (AvgIpc) is 2.44. The number of hydrogen-bond donors (Lipinski definition) is 0. The van der Waals surface area contributed by atoms with E-state index in [9.17, 15) is 4.79 Å². The standard InChI is InChI=1S/C5H8O2.ClH/c1-7-5(6)4-2-3-4;/h4H,2-3H2,1H3;1H. The third kappa shape index (κ3) is 1.70. The Balaban J connectivity index is 0.000000490. The molecule has 2 nitrogen and oxygen atoms in total. The first-order chi connectivity index (χ1) is 3.34. The Morgan fingerprint density at radius 2 is 2.12 bits per heavy atom. The lowest BCUT2D eigenvalue weighted by atomic mass is 10.4. The number of ether oxygens (including phenoxy) is 1. The van der Waals surface area contributed by atoms with Crippen molar-refractivity contribution in [3.05, 3.63) is 0 Å². The van der Waals surface area contributed by atoms with Gasteiger partial charge in [0.05, 0.1) is 13.0 Å². The van der Waals surface area contributed by atoms with E-state index in [1.54, 1.807) is 0 Å². The average molecular weight is 137 g/mol. The van der Waals surface area contributed by atoms with Crippen LogP contribution in [0.3, 0.4) is 0 Å². The molecule has 0 unspecified atom stereocenters. The van der Waals surface area contributed by atoms with E-state index in [1.807, 2.05) is 0 Å². The van der Waals surface area contributed by atoms with E-state index in [1.165, 1.54) is 7.11 Å². The van der Waals surface area contributed by atoms with Gasteiger partial charge in [0.15, 0.2) is 0 Å². The van der Waals surface area contributed by atoms with E-state index < -0.39 is 0 Å². The molecule has 48 valence electrons. The molecule has 1 saturated carbocycles. The summed E-state index contributed by atoms with van der Waals surface area (Å²) in [6, 6.07) is 0. The van der Waals surface area contributed by atoms with Crippen molar-refractivity contribution in [2.24, 2.45) is 5.92 Å². The highest BCUT2D eigenvalue weighted by Gasteiger charge is 2.30. The molecule has 0 N–H and O–H groups in total. The second-order valence-corrected chi connectivity index (χ2v) is 1.80. The van der Waals surface area contributed by atoms with E-state index in [2.05, 4.69) is 4.74 Å². The molecule has 1 aliphatic carbocycles. The number of hydrogen-bond acceptors (Lipinski definition) is 2. The number of carbonyl (C=O) groups excluding carboxylic acids is 1. The van der Waals surface area contributed by atoms with Crippen LogP contribution in [0.2, 0.25) is 0 Å². The van der Waals surface area contributed by atoms with Crippen LogP contribution in [-0.4, -0.2) is 13.1 Å². The smallest absolute Gasteiger partial charge is 0.308 e. The van der Waals surface area contributed by atoms with Gasteiger partial charge in [-0.3, -0.25) is 4.79 Å². The molecule has 0 saturated heterocycles. The van der Waals surface area contributed by atoms with E-state index >= 15 is 0 Å². The topological polar surface area (TPSA) is 26.3 Å². The number of methoxy groups -OCH3 is 1. The molecule has 1 aliphatic rings. The Kier molecular flexibility index (Phi) is 2.84. The molecule has 0 aromatic carbocycles. The minimum atomic E-state index is -0.0417. The van der Waals surface area contributed by atoms with Gasteiger partial charge < -0.3 is 4.74 Å². The first kappa shape index (κ1) is 7.76. The van der Waals surface area contributed by atoms with E-state index in [0.29, 0.717) is 0 Å². The summed E-state index contributed by atoms with van der Waals surface area (Å²) >= 11 is 0. The summed E-state index contributed by atoms with van der Waals surface area (Å²) in [5, 5.41) is 0. The Bertz CT molecular complexity index is 88.4. The lowest BCUT2D eigenvalue weighted by Crippen LogP contribution is -2.00. The molecule has 0 spiro atoms. The van der Waals surface area contributed by atoms with Crippen LogP contribution in [0, 0.1) is 5.92 Å². The highest BCUT2D eigenvalue weighted by Crippen LogP contribution is 2.29. The second-order valence-electron chi connectivity index (χ2n) is 1.80. The summed E-state index contributed by atoms with van der Waals surface area (Å²) in [7, 11) is 1.43. The van der Waals surface area contributed by atoms with Gasteiger partial charge in [-0.05, 0) is 12.8 Å². The van der Waals surface area contributed by atoms with Crippen LogP contribution in [0.15, 0.2) is 0 Å². The zero-order chi connectivity index (χ0) is 5.28. The third-order valence-electron chi connectivity index (χ3n) is 1.11. The fourth-order valence-electron chi connectivity index (χ4n) is 0.486. The van der Waals surface area contributed by atoms with Crippen molar-refractivity contribution in [3.8, 4) is 0 Å². The fraction of sp³-hybridized carbons (Fsp3) is 0.800. The fourth-order valence-corrected chi connectivity index (χ4v) is 0.486. The number of halogens is 1. The molecule has 1 rings (SSSR count). The van der Waals surface area contributed by atoms with Gasteiger partial charge in [-0.25, -0.2) is 0 Å². The summed E-state index contributed by atoms with van der Waals surface area (Å²) in [5.74, 6) is 0.213. The minimum absolute atomic E-state index is 0. The first-order valence-electron chi connectivity index (χ1n) is 2.42. The lowest BCUT2D eigenvalue weighted by Gasteiger charge is -1.89. The molecule has 3 heteroatoms. The number of rotatable bonds is 1. The van der Waals surface area contributed by atoms with Gasteiger partial charge in [-0.1, -0.05) is 0 Å². The molecular weight excluding hydrogens is 128 g/mol. The Hall–Kier alpha value is -0.240. The van der Waals surface area contributed by atoms with Crippen molar-refractivity contribution in [1.82, 2.24) is 0 Å². The number of carbonyl (C=O) groups is 1. The zero-order valence-electron chi connectivity index (χ0n) is 4.72. The maximum Gasteiger partial charge on any atom is 0.308 e. The van der Waals surface area contributed by atoms with Crippen LogP contribution >= 0.6 is 12.4 Å². The molecular formula is C5H9ClO2. The quantitative estimate of drug-likeness (QED) is 0.503. The highest BCUT2D eigenvalue weighted by atomic mass is 35.5. The largest absolute Gasteiger partial charge is 0.469 e. The van der Waals surface area contributed by atoms with Crippen LogP contribution in [-0.2, 0) is 9.53 Å². The molecule has 0 atom stereocenters. The maximum atomic E-state index is 10.4. The molecule has 1 fully saturated rings. The molecule has 0 aromatic heterocycles. The van der Waals surface area contributed by atoms with Crippen LogP contribution in [0.1, 0.15) is 12.8 Å². The predicted molar refractivity (Wildman–Crippen MR) is 32.0 cm³/mol. The zero-order valence-corrected chi connectivity index (χ0v) is 5.53. The van der Waals surface area contributed by atoms with Crippen molar-refractivity contribution in [2.75, 3.05) is 7.11 Å². The maximum absolute atomic E-state index is 10.4. The Morgan fingerprint density at radius 3 is 2.25 bits per heavy atom. The van der Waals surface area contributed by atoms with Crippen molar-refractivity contribution in [2.45, 2.75) is 12.8 Å². The van der Waals surface area contributed by atoms with E-state index in [-0.39, 0.29) is 24.3 Å². The first-order valence-corrected chi connectivity index (χ1v) is 2.42. The molecule has 0 aromatic rings. The molecule has 0 aliphatic heterocycles. The lowest BCUT2D eigenvalue weighted by molar-refractivity contribution is -0.142. The van der Waals surface area contributed by atoms with Crippen molar-refractivity contribution in [1.29, 1.82) is 0 Å². The Labute approximate surface area is 54.6 Å². The monoisotopic (exact) mass is 136 g/mol. The van der Waals surface area contributed by atoms with Crippen molar-refractivity contribution >= 4 is 18.4 Å². The molecule has 0 amide bonds. The van der Waals surface area contributed by atoms with Gasteiger partial charge in [-0.15, -0.1) is 12.4 Å². The summed E-state index contributed by atoms with van der Waals surface area (Å²) in [6.45, 7) is 0.